The number of fused-ring (bicyclic) bond motifs is 2. The highest BCUT2D eigenvalue weighted by atomic mass is 32.2. The second-order valence-electron chi connectivity index (χ2n) is 20.2. The van der Waals surface area contributed by atoms with Gasteiger partial charge in [-0.25, -0.2) is 17.5 Å². The molecule has 4 fully saturated rings. The zero-order chi connectivity index (χ0) is 47.7. The van der Waals surface area contributed by atoms with Crippen LogP contribution in [0.25, 0.3) is 11.0 Å². The minimum Gasteiger partial charge on any atom is -0.489 e. The third-order valence-corrected chi connectivity index (χ3v) is 16.8. The van der Waals surface area contributed by atoms with Gasteiger partial charge >= 0.3 is 0 Å². The second-order valence-corrected chi connectivity index (χ2v) is 21.9. The van der Waals surface area contributed by atoms with Crippen molar-refractivity contribution in [3.05, 3.63) is 105 Å². The number of ether oxygens (including phenoxy) is 2. The molecule has 68 heavy (non-hydrogen) atoms. The van der Waals surface area contributed by atoms with Crippen molar-refractivity contribution in [1.29, 1.82) is 0 Å². The number of piperidine rings is 1. The predicted molar refractivity (Wildman–Crippen MR) is 252 cm³/mol. The van der Waals surface area contributed by atoms with Gasteiger partial charge < -0.3 is 29.8 Å². The molecule has 3 aliphatic heterocycles. The Kier molecular flexibility index (Phi) is 11.9. The van der Waals surface area contributed by atoms with Crippen molar-refractivity contribution in [2.75, 3.05) is 36.5 Å². The molecule has 4 N–H and O–H groups in total. The fourth-order valence-electron chi connectivity index (χ4n) is 11.6. The highest BCUT2D eigenvalue weighted by molar-refractivity contribution is 7.90. The number of carbonyl (C=O) groups excluding carboxylic acids is 1. The largest absolute Gasteiger partial charge is 0.489 e. The van der Waals surface area contributed by atoms with E-state index in [1.54, 1.807) is 13.0 Å². The minimum absolute atomic E-state index is 0.0239. The molecular formula is C50H57F2N7O8S. The van der Waals surface area contributed by atoms with E-state index in [2.05, 4.69) is 63.2 Å². The smallest absolute Gasteiger partial charge is 0.297 e. The molecule has 10 rings (SSSR count). The van der Waals surface area contributed by atoms with Gasteiger partial charge in [-0.2, -0.15) is 9.37 Å². The Morgan fingerprint density at radius 3 is 2.50 bits per heavy atom. The molecule has 0 radical (unpaired) electrons. The standard InChI is InChI=1S/C50H57F2N7O8S/c1-29(2)34-7-4-5-8-35(34)40-9-6-18-58(40)32-25-50(26-32)16-19-57(20-17-50)31-10-11-36(42(21-31)67-44-24-37-38(51)27-53-47(37)55-46(44)52)48(60)56-68(64,65)33-22-41(59(62)63)45-43(23-33)66-28-39(54-45)30-12-14-49(3,61)15-13-30/h4-5,7-8,10-11,21-24,27,29-30,32,39-40,54,61H,6,9,12-20,25-26,28H2,1-3H3,(H,53,55)(H,56,60)/t30-,39-,40-,49-/m1/s1. The lowest BCUT2D eigenvalue weighted by atomic mass is 9.59. The quantitative estimate of drug-likeness (QED) is 0.0558. The zero-order valence-corrected chi connectivity index (χ0v) is 39.2. The average molecular weight is 954 g/mol. The van der Waals surface area contributed by atoms with Crippen molar-refractivity contribution >= 4 is 44.0 Å². The molecule has 2 saturated carbocycles. The number of carbonyl (C=O) groups is 1. The van der Waals surface area contributed by atoms with E-state index < -0.39 is 54.6 Å². The number of likely N-dealkylation sites (tertiary alicyclic amines) is 1. The number of nitrogens with zero attached hydrogens (tertiary/aromatic N) is 4. The highest BCUT2D eigenvalue weighted by Crippen LogP contribution is 2.54. The van der Waals surface area contributed by atoms with Crippen LogP contribution in [0.5, 0.6) is 17.2 Å². The minimum atomic E-state index is -4.79. The summed E-state index contributed by atoms with van der Waals surface area (Å²) < 4.78 is 72.0. The van der Waals surface area contributed by atoms with Gasteiger partial charge in [-0.15, -0.1) is 0 Å². The number of aliphatic hydroxyl groups is 1. The molecule has 2 saturated heterocycles. The van der Waals surface area contributed by atoms with Crippen LogP contribution in [0.2, 0.25) is 0 Å². The molecule has 2 aliphatic carbocycles. The van der Waals surface area contributed by atoms with Crippen molar-refractivity contribution < 1.29 is 41.5 Å². The zero-order valence-electron chi connectivity index (χ0n) is 38.4. The van der Waals surface area contributed by atoms with E-state index in [-0.39, 0.29) is 57.8 Å². The molecule has 5 aliphatic rings. The van der Waals surface area contributed by atoms with Gasteiger partial charge in [0.05, 0.1) is 32.4 Å². The van der Waals surface area contributed by atoms with Crippen molar-refractivity contribution in [2.24, 2.45) is 11.3 Å². The molecule has 5 aromatic rings. The summed E-state index contributed by atoms with van der Waals surface area (Å²) in [5.41, 5.74) is 2.08. The van der Waals surface area contributed by atoms with Gasteiger partial charge in [-0.3, -0.25) is 19.8 Å². The number of aromatic amines is 1. The predicted octanol–water partition coefficient (Wildman–Crippen LogP) is 9.48. The van der Waals surface area contributed by atoms with Crippen molar-refractivity contribution in [3.8, 4) is 17.2 Å². The van der Waals surface area contributed by atoms with E-state index in [0.717, 1.165) is 63.0 Å². The summed E-state index contributed by atoms with van der Waals surface area (Å²) in [6.07, 6.45) is 10.00. The number of rotatable bonds is 11. The van der Waals surface area contributed by atoms with Gasteiger partial charge in [-0.05, 0) is 124 Å². The van der Waals surface area contributed by atoms with E-state index in [0.29, 0.717) is 62.5 Å². The van der Waals surface area contributed by atoms with Crippen molar-refractivity contribution in [2.45, 2.75) is 120 Å². The number of aromatic nitrogens is 2. The molecule has 5 heterocycles. The van der Waals surface area contributed by atoms with Crippen LogP contribution in [0.3, 0.4) is 0 Å². The third-order valence-electron chi connectivity index (χ3n) is 15.4. The second kappa shape index (κ2) is 17.6. The Hall–Kier alpha value is -5.85. The average Bonchev–Trinajstić information content (AvgIpc) is 3.93. The first-order valence-electron chi connectivity index (χ1n) is 23.7. The Balaban J connectivity index is 0.874. The monoisotopic (exact) mass is 953 g/mol. The molecule has 1 spiro atoms. The van der Waals surface area contributed by atoms with Crippen molar-refractivity contribution in [1.82, 2.24) is 19.6 Å². The summed E-state index contributed by atoms with van der Waals surface area (Å²) in [5, 5.41) is 26.0. The van der Waals surface area contributed by atoms with Crippen LogP contribution < -0.4 is 24.4 Å². The molecule has 2 aromatic heterocycles. The lowest BCUT2D eigenvalue weighted by Crippen LogP contribution is -2.54. The molecule has 0 bridgehead atoms. The van der Waals surface area contributed by atoms with Crippen LogP contribution in [0, 0.1) is 33.2 Å². The number of nitrogens with one attached hydrogen (secondary N) is 3. The molecule has 18 heteroatoms. The number of pyridine rings is 1. The first-order chi connectivity index (χ1) is 32.5. The molecule has 2 atom stereocenters. The van der Waals surface area contributed by atoms with Crippen LogP contribution >= 0.6 is 0 Å². The number of hydrogen-bond donors (Lipinski definition) is 4. The maximum atomic E-state index is 15.5. The summed E-state index contributed by atoms with van der Waals surface area (Å²) in [6.45, 7) is 8.92. The number of anilines is 2. The highest BCUT2D eigenvalue weighted by Gasteiger charge is 2.50. The van der Waals surface area contributed by atoms with Gasteiger partial charge in [0.25, 0.3) is 27.6 Å². The summed E-state index contributed by atoms with van der Waals surface area (Å²) in [6, 6.07) is 17.2. The molecule has 360 valence electrons. The number of nitro benzene ring substituents is 1. The summed E-state index contributed by atoms with van der Waals surface area (Å²) in [7, 11) is -4.79. The topological polar surface area (TPSA) is 192 Å². The van der Waals surface area contributed by atoms with Gasteiger partial charge in [0.15, 0.2) is 17.2 Å². The van der Waals surface area contributed by atoms with Gasteiger partial charge in [0, 0.05) is 55.3 Å². The maximum absolute atomic E-state index is 15.5. The summed E-state index contributed by atoms with van der Waals surface area (Å²) in [4.78, 5) is 36.4. The van der Waals surface area contributed by atoms with E-state index in [9.17, 15) is 32.8 Å². The molecule has 3 aromatic carbocycles. The SMILES string of the molecule is CC(C)c1ccccc1[C@H]1CCCN1C1CC2(CCN(c3ccc(C(=O)NS(=O)(=O)c4cc5c(c([N+](=O)[O-])c4)N[C@@H]([C@H]4CC[C@](C)(O)CC4)CO5)c(Oc4cc5c(F)c[nH]c5nc4F)c3)CC2)C1. The normalized spacial score (nSPS) is 24.0. The lowest BCUT2D eigenvalue weighted by Gasteiger charge is -2.56. The fraction of sp³-hybridized carbons (Fsp3) is 0.480. The number of amides is 1. The van der Waals surface area contributed by atoms with Gasteiger partial charge in [-0.1, -0.05) is 38.1 Å². The Morgan fingerprint density at radius 1 is 1.01 bits per heavy atom. The maximum Gasteiger partial charge on any atom is 0.297 e. The molecular weight excluding hydrogens is 897 g/mol. The summed E-state index contributed by atoms with van der Waals surface area (Å²) >= 11 is 0. The number of hydrogen-bond acceptors (Lipinski definition) is 12. The van der Waals surface area contributed by atoms with Gasteiger partial charge in [0.2, 0.25) is 0 Å². The Bertz CT molecular complexity index is 2880. The number of nitro groups is 1. The fourth-order valence-corrected chi connectivity index (χ4v) is 12.6. The first kappa shape index (κ1) is 45.9. The van der Waals surface area contributed by atoms with Crippen molar-refractivity contribution in [3.63, 3.8) is 0 Å². The van der Waals surface area contributed by atoms with E-state index in [1.807, 2.05) is 4.72 Å². The van der Waals surface area contributed by atoms with Gasteiger partial charge in [0.1, 0.15) is 23.8 Å². The van der Waals surface area contributed by atoms with Crippen LogP contribution in [0.15, 0.2) is 71.8 Å². The first-order valence-corrected chi connectivity index (χ1v) is 25.2. The van der Waals surface area contributed by atoms with Crippen LogP contribution in [-0.2, 0) is 10.0 Å². The van der Waals surface area contributed by atoms with Crippen LogP contribution in [0.4, 0.5) is 25.8 Å². The molecule has 1 amide bonds. The molecule has 0 unspecified atom stereocenters. The number of halogens is 2. The number of sulfonamides is 1. The Morgan fingerprint density at radius 2 is 1.76 bits per heavy atom. The van der Waals surface area contributed by atoms with E-state index in [1.165, 1.54) is 29.7 Å². The number of H-pyrrole nitrogens is 1. The summed E-state index contributed by atoms with van der Waals surface area (Å²) in [5.74, 6) is -3.20. The molecule has 15 nitrogen and oxygen atoms in total. The van der Waals surface area contributed by atoms with E-state index >= 15 is 4.39 Å². The Labute approximate surface area is 393 Å². The van der Waals surface area contributed by atoms with E-state index in [4.69, 9.17) is 9.47 Å². The lowest BCUT2D eigenvalue weighted by molar-refractivity contribution is -0.384. The van der Waals surface area contributed by atoms with Crippen LogP contribution in [-0.4, -0.2) is 83.1 Å². The number of benzene rings is 3. The van der Waals surface area contributed by atoms with Crippen LogP contribution in [0.1, 0.15) is 118 Å². The third kappa shape index (κ3) is 8.74.